The number of nitrogen functional groups attached to an aromatic ring is 2. The van der Waals surface area contributed by atoms with Crippen LogP contribution in [0.5, 0.6) is 0 Å². The number of anilines is 3. The Balaban J connectivity index is 0.000000607. The smallest absolute Gasteiger partial charge is 0.0676 e. The molecule has 1 aliphatic rings. The van der Waals surface area contributed by atoms with Gasteiger partial charge in [-0.25, -0.2) is 5.84 Å². The van der Waals surface area contributed by atoms with Gasteiger partial charge in [0, 0.05) is 42.9 Å². The molecule has 208 valence electrons. The third-order valence-corrected chi connectivity index (χ3v) is 6.63. The van der Waals surface area contributed by atoms with Gasteiger partial charge < -0.3 is 22.6 Å². The lowest BCUT2D eigenvalue weighted by Gasteiger charge is -2.42. The van der Waals surface area contributed by atoms with E-state index in [1.807, 2.05) is 56.5 Å². The first kappa shape index (κ1) is 32.6. The summed E-state index contributed by atoms with van der Waals surface area (Å²) in [5.41, 5.74) is 25.8. The van der Waals surface area contributed by atoms with Crippen molar-refractivity contribution in [1.82, 2.24) is 0 Å². The monoisotopic (exact) mass is 519 g/mol. The first-order chi connectivity index (χ1) is 18.0. The zero-order valence-corrected chi connectivity index (χ0v) is 24.2. The van der Waals surface area contributed by atoms with E-state index in [-0.39, 0.29) is 0 Å². The summed E-state index contributed by atoms with van der Waals surface area (Å²) in [5.74, 6) is 7.33. The number of allylic oxidation sites excluding steroid dienone is 1. The lowest BCUT2D eigenvalue weighted by molar-refractivity contribution is 0.0938. The van der Waals surface area contributed by atoms with Crippen LogP contribution >= 0.6 is 0 Å². The summed E-state index contributed by atoms with van der Waals surface area (Å²) < 4.78 is 0. The molecular weight excluding hydrogens is 470 g/mol. The molecule has 9 N–H and O–H groups in total. The highest BCUT2D eigenvalue weighted by atomic mass is 15.4. The van der Waals surface area contributed by atoms with Gasteiger partial charge in [-0.15, -0.1) is 0 Å². The van der Waals surface area contributed by atoms with Gasteiger partial charge in [-0.05, 0) is 80.5 Å². The van der Waals surface area contributed by atoms with Gasteiger partial charge in [0.05, 0.1) is 5.69 Å². The quantitative estimate of drug-likeness (QED) is 0.122. The van der Waals surface area contributed by atoms with E-state index in [0.717, 1.165) is 51.6 Å². The van der Waals surface area contributed by atoms with Crippen molar-refractivity contribution in [1.29, 1.82) is 5.41 Å². The second-order valence-electron chi connectivity index (χ2n) is 10.7. The molecule has 0 bridgehead atoms. The summed E-state index contributed by atoms with van der Waals surface area (Å²) in [6.45, 7) is 14.1. The molecule has 0 amide bonds. The molecule has 2 aromatic rings. The van der Waals surface area contributed by atoms with Crippen molar-refractivity contribution in [3.8, 4) is 0 Å². The van der Waals surface area contributed by atoms with Crippen LogP contribution in [0.4, 0.5) is 17.1 Å². The molecule has 38 heavy (non-hydrogen) atoms. The Hall–Kier alpha value is -3.42. The number of nitrogens with one attached hydrogen (secondary N) is 1. The third-order valence-electron chi connectivity index (χ3n) is 6.63. The molecule has 0 heterocycles. The van der Waals surface area contributed by atoms with E-state index < -0.39 is 0 Å². The van der Waals surface area contributed by atoms with Crippen molar-refractivity contribution < 1.29 is 0 Å². The molecule has 0 saturated heterocycles. The van der Waals surface area contributed by atoms with Gasteiger partial charge >= 0.3 is 0 Å². The Morgan fingerprint density at radius 3 is 2.26 bits per heavy atom. The second kappa shape index (κ2) is 15.7. The largest absolute Gasteiger partial charge is 0.398 e. The van der Waals surface area contributed by atoms with Gasteiger partial charge in [-0.2, -0.15) is 0 Å². The molecule has 0 spiro atoms. The number of nitrogens with zero attached hydrogens (tertiary/aromatic N) is 2. The number of rotatable bonds is 8. The van der Waals surface area contributed by atoms with Crippen molar-refractivity contribution in [2.45, 2.75) is 60.3 Å². The van der Waals surface area contributed by atoms with Crippen LogP contribution < -0.4 is 28.1 Å². The Kier molecular flexibility index (Phi) is 13.5. The molecule has 1 aliphatic carbocycles. The number of hydrogen-bond donors (Lipinski definition) is 5. The lowest BCUT2D eigenvalue weighted by Crippen LogP contribution is -2.30. The summed E-state index contributed by atoms with van der Waals surface area (Å²) in [5, 5.41) is 7.08. The molecule has 2 aromatic carbocycles. The first-order valence-corrected chi connectivity index (χ1v) is 13.1. The van der Waals surface area contributed by atoms with Gasteiger partial charge in [0.1, 0.15) is 0 Å². The highest BCUT2D eigenvalue weighted by Crippen LogP contribution is 2.45. The standard InChI is InChI=1S/C22H30N6.C8H16.CH3N/c1-15(12-23)10-18-8-7-17(11-21(18)25)9-16(2)14-28(26)22-6-4-5-20(24)19(22)13-27-3;1-4-7-5-8(2,3)6-7;1-2/h4-8,10-11,13-14H,9,12,23-26H2,1-3H3;7H,4-6H2,1-3H3;2H,1H2/b15-10+,16-14+,27-13?;;. The fourth-order valence-corrected chi connectivity index (χ4v) is 4.72. The van der Waals surface area contributed by atoms with Crippen LogP contribution in [0.1, 0.15) is 70.6 Å². The number of nitrogens with two attached hydrogens (primary N) is 4. The number of aliphatic imine (C=N–C) groups is 1. The molecule has 1 saturated carbocycles. The van der Waals surface area contributed by atoms with Crippen LogP contribution in [0.15, 0.2) is 58.7 Å². The fraction of sp³-hybridized carbons (Fsp3) is 0.419. The summed E-state index contributed by atoms with van der Waals surface area (Å²) in [7, 11) is 1.70. The minimum atomic E-state index is 0.518. The minimum absolute atomic E-state index is 0.518. The van der Waals surface area contributed by atoms with Crippen LogP contribution in [0.2, 0.25) is 0 Å². The van der Waals surface area contributed by atoms with E-state index in [0.29, 0.717) is 17.6 Å². The maximum atomic E-state index is 6.27. The molecule has 0 aliphatic heterocycles. The van der Waals surface area contributed by atoms with Gasteiger partial charge in [0.15, 0.2) is 0 Å². The first-order valence-electron chi connectivity index (χ1n) is 13.1. The van der Waals surface area contributed by atoms with Crippen molar-refractivity contribution in [2.24, 2.45) is 27.9 Å². The maximum Gasteiger partial charge on any atom is 0.0676 e. The summed E-state index contributed by atoms with van der Waals surface area (Å²) >= 11 is 0. The van der Waals surface area contributed by atoms with Gasteiger partial charge in [-0.1, -0.05) is 62.6 Å². The Morgan fingerprint density at radius 2 is 1.76 bits per heavy atom. The van der Waals surface area contributed by atoms with Crippen molar-refractivity contribution in [3.05, 3.63) is 70.4 Å². The van der Waals surface area contributed by atoms with Crippen molar-refractivity contribution >= 4 is 36.1 Å². The zero-order chi connectivity index (χ0) is 28.9. The van der Waals surface area contributed by atoms with Crippen LogP contribution in [0.25, 0.3) is 6.08 Å². The SMILES string of the molecule is C=N.CCC1CC(C)(C)C1.CN=Cc1c(N)cccc1N(N)/C=C(\C)Cc1ccc(/C=C(\C)CN)c(N)c1. The van der Waals surface area contributed by atoms with Crippen LogP contribution in [0, 0.1) is 16.7 Å². The lowest BCUT2D eigenvalue weighted by atomic mass is 9.64. The summed E-state index contributed by atoms with van der Waals surface area (Å²) in [4.78, 5) is 4.07. The topological polar surface area (TPSA) is 144 Å². The normalized spacial score (nSPS) is 15.2. The van der Waals surface area contributed by atoms with E-state index in [1.54, 1.807) is 18.3 Å². The number of hydrazine groups is 1. The molecule has 0 unspecified atom stereocenters. The number of benzene rings is 2. The predicted molar refractivity (Wildman–Crippen MR) is 169 cm³/mol. The molecule has 1 fully saturated rings. The van der Waals surface area contributed by atoms with Gasteiger partial charge in [0.25, 0.3) is 0 Å². The molecule has 0 radical (unpaired) electrons. The molecule has 3 rings (SSSR count). The molecule has 0 aromatic heterocycles. The zero-order valence-electron chi connectivity index (χ0n) is 24.2. The van der Waals surface area contributed by atoms with E-state index in [1.165, 1.54) is 19.3 Å². The van der Waals surface area contributed by atoms with Crippen LogP contribution in [-0.2, 0) is 6.42 Å². The average Bonchev–Trinajstić information content (AvgIpc) is 2.86. The van der Waals surface area contributed by atoms with E-state index in [2.05, 4.69) is 38.5 Å². The summed E-state index contributed by atoms with van der Waals surface area (Å²) in [6, 6.07) is 11.7. The molecule has 7 heteroatoms. The maximum absolute atomic E-state index is 6.27. The van der Waals surface area contributed by atoms with Crippen molar-refractivity contribution in [2.75, 3.05) is 30.1 Å². The molecule has 7 nitrogen and oxygen atoms in total. The second-order valence-corrected chi connectivity index (χ2v) is 10.7. The van der Waals surface area contributed by atoms with Crippen LogP contribution in [0.3, 0.4) is 0 Å². The van der Waals surface area contributed by atoms with Gasteiger partial charge in [-0.3, -0.25) is 10.0 Å². The minimum Gasteiger partial charge on any atom is -0.398 e. The Labute approximate surface area is 230 Å². The van der Waals surface area contributed by atoms with E-state index in [4.69, 9.17) is 28.5 Å². The highest BCUT2D eigenvalue weighted by molar-refractivity contribution is 5.94. The van der Waals surface area contributed by atoms with E-state index in [9.17, 15) is 0 Å². The van der Waals surface area contributed by atoms with Gasteiger partial charge in [0.2, 0.25) is 0 Å². The third kappa shape index (κ3) is 10.1. The Morgan fingerprint density at radius 1 is 1.11 bits per heavy atom. The Bertz CT molecular complexity index is 1110. The van der Waals surface area contributed by atoms with Crippen molar-refractivity contribution in [3.63, 3.8) is 0 Å². The van der Waals surface area contributed by atoms with E-state index >= 15 is 0 Å². The predicted octanol–water partition coefficient (Wildman–Crippen LogP) is 6.19. The summed E-state index contributed by atoms with van der Waals surface area (Å²) in [6.07, 6.45) is 10.7. The van der Waals surface area contributed by atoms with Crippen LogP contribution in [-0.4, -0.2) is 26.5 Å². The molecule has 0 atom stereocenters. The number of hydrogen-bond acceptors (Lipinski definition) is 7. The fourth-order valence-electron chi connectivity index (χ4n) is 4.72. The highest BCUT2D eigenvalue weighted by Gasteiger charge is 2.34. The average molecular weight is 520 g/mol. The molecular formula is C31H49N7.